The number of halogens is 1. The topological polar surface area (TPSA) is 76.4 Å². The predicted molar refractivity (Wildman–Crippen MR) is 79.1 cm³/mol. The van der Waals surface area contributed by atoms with E-state index >= 15 is 0 Å². The van der Waals surface area contributed by atoms with E-state index in [1.54, 1.807) is 25.3 Å². The van der Waals surface area contributed by atoms with Crippen molar-refractivity contribution in [2.75, 3.05) is 26.0 Å². The van der Waals surface area contributed by atoms with Crippen LogP contribution in [0, 0.1) is 0 Å². The van der Waals surface area contributed by atoms with E-state index in [4.69, 9.17) is 9.15 Å². The summed E-state index contributed by atoms with van der Waals surface area (Å²) in [6.45, 7) is 0.981. The largest absolute Gasteiger partial charge is 0.438 e. The fourth-order valence-electron chi connectivity index (χ4n) is 1.70. The van der Waals surface area contributed by atoms with Crippen molar-refractivity contribution in [3.63, 3.8) is 0 Å². The van der Waals surface area contributed by atoms with Crippen molar-refractivity contribution in [1.82, 2.24) is 10.3 Å². The first-order chi connectivity index (χ1) is 9.22. The van der Waals surface area contributed by atoms with Gasteiger partial charge in [-0.1, -0.05) is 0 Å². The first-order valence-electron chi connectivity index (χ1n) is 6.06. The second kappa shape index (κ2) is 7.84. The lowest BCUT2D eigenvalue weighted by Gasteiger charge is -2.04. The van der Waals surface area contributed by atoms with Gasteiger partial charge in [-0.05, 0) is 25.2 Å². The van der Waals surface area contributed by atoms with E-state index in [0.717, 1.165) is 0 Å². The summed E-state index contributed by atoms with van der Waals surface area (Å²) in [6.07, 6.45) is 0.433. The van der Waals surface area contributed by atoms with E-state index in [1.807, 2.05) is 7.05 Å². The summed E-state index contributed by atoms with van der Waals surface area (Å²) in [5.41, 5.74) is 2.10. The Labute approximate surface area is 123 Å². The fourth-order valence-corrected chi connectivity index (χ4v) is 1.70. The molecule has 2 aromatic rings. The summed E-state index contributed by atoms with van der Waals surface area (Å²) in [5, 5.41) is 5.75. The fraction of sp³-hybridized carbons (Fsp3) is 0.385. The van der Waals surface area contributed by atoms with Crippen molar-refractivity contribution in [1.29, 1.82) is 0 Å². The number of oxazole rings is 1. The monoisotopic (exact) mass is 299 g/mol. The summed E-state index contributed by atoms with van der Waals surface area (Å²) in [4.78, 5) is 15.9. The lowest BCUT2D eigenvalue weighted by molar-refractivity contribution is -0.116. The summed E-state index contributed by atoms with van der Waals surface area (Å²) < 4.78 is 10.4. The molecule has 2 rings (SSSR count). The second-order valence-electron chi connectivity index (χ2n) is 4.12. The van der Waals surface area contributed by atoms with Crippen LogP contribution in [0.1, 0.15) is 12.3 Å². The number of carbonyl (C=O) groups excluding carboxylic acids is 1. The highest BCUT2D eigenvalue weighted by molar-refractivity contribution is 5.92. The van der Waals surface area contributed by atoms with Crippen LogP contribution in [0.4, 0.5) is 5.69 Å². The molecular weight excluding hydrogens is 282 g/mol. The Hall–Kier alpha value is -1.63. The summed E-state index contributed by atoms with van der Waals surface area (Å²) in [6, 6.07) is 5.37. The van der Waals surface area contributed by atoms with E-state index < -0.39 is 0 Å². The summed E-state index contributed by atoms with van der Waals surface area (Å²) in [7, 11) is 3.40. The third-order valence-electron chi connectivity index (χ3n) is 2.59. The van der Waals surface area contributed by atoms with Gasteiger partial charge in [0.1, 0.15) is 12.1 Å². The van der Waals surface area contributed by atoms with Gasteiger partial charge in [-0.2, -0.15) is 0 Å². The molecule has 0 radical (unpaired) electrons. The van der Waals surface area contributed by atoms with Gasteiger partial charge in [0.25, 0.3) is 0 Å². The highest BCUT2D eigenvalue weighted by atomic mass is 35.5. The van der Waals surface area contributed by atoms with Crippen LogP contribution in [0.15, 0.2) is 22.6 Å². The minimum absolute atomic E-state index is 0. The molecule has 0 aliphatic carbocycles. The SMILES string of the molecule is CNCCC(=O)Nc1ccc2oc(COC)nc2c1.Cl. The minimum Gasteiger partial charge on any atom is -0.438 e. The number of methoxy groups -OCH3 is 1. The Morgan fingerprint density at radius 3 is 2.95 bits per heavy atom. The van der Waals surface area contributed by atoms with Gasteiger partial charge in [0, 0.05) is 25.8 Å². The van der Waals surface area contributed by atoms with Gasteiger partial charge in [-0.25, -0.2) is 4.98 Å². The maximum absolute atomic E-state index is 11.6. The van der Waals surface area contributed by atoms with E-state index in [2.05, 4.69) is 15.6 Å². The molecule has 1 amide bonds. The predicted octanol–water partition coefficient (Wildman–Crippen LogP) is 1.94. The van der Waals surface area contributed by atoms with Crippen molar-refractivity contribution in [2.24, 2.45) is 0 Å². The third-order valence-corrected chi connectivity index (χ3v) is 2.59. The molecular formula is C13H18ClN3O3. The molecule has 0 unspecified atom stereocenters. The van der Waals surface area contributed by atoms with Gasteiger partial charge >= 0.3 is 0 Å². The number of nitrogens with one attached hydrogen (secondary N) is 2. The number of hydrogen-bond donors (Lipinski definition) is 2. The van der Waals surface area contributed by atoms with Crippen molar-refractivity contribution in [2.45, 2.75) is 13.0 Å². The highest BCUT2D eigenvalue weighted by Gasteiger charge is 2.07. The molecule has 0 spiro atoms. The average Bonchev–Trinajstić information content (AvgIpc) is 2.78. The molecule has 1 aromatic carbocycles. The standard InChI is InChI=1S/C13H17N3O3.ClH/c1-14-6-5-12(17)15-9-3-4-11-10(7-9)16-13(19-11)8-18-2;/h3-4,7,14H,5-6,8H2,1-2H3,(H,15,17);1H. The lowest BCUT2D eigenvalue weighted by Crippen LogP contribution is -2.18. The molecule has 0 saturated carbocycles. The number of anilines is 1. The lowest BCUT2D eigenvalue weighted by atomic mass is 10.2. The van der Waals surface area contributed by atoms with Gasteiger partial charge in [0.2, 0.25) is 11.8 Å². The van der Waals surface area contributed by atoms with Crippen LogP contribution in [0.25, 0.3) is 11.1 Å². The maximum Gasteiger partial charge on any atom is 0.225 e. The van der Waals surface area contributed by atoms with Gasteiger partial charge in [-0.15, -0.1) is 12.4 Å². The number of fused-ring (bicyclic) bond motifs is 1. The van der Waals surface area contributed by atoms with Gasteiger partial charge in [0.15, 0.2) is 5.58 Å². The molecule has 0 atom stereocenters. The Kier molecular flexibility index (Phi) is 6.44. The molecule has 6 nitrogen and oxygen atoms in total. The second-order valence-corrected chi connectivity index (χ2v) is 4.12. The van der Waals surface area contributed by atoms with Crippen LogP contribution in [0.2, 0.25) is 0 Å². The van der Waals surface area contributed by atoms with E-state index in [-0.39, 0.29) is 18.3 Å². The minimum atomic E-state index is -0.0330. The molecule has 20 heavy (non-hydrogen) atoms. The van der Waals surface area contributed by atoms with Crippen LogP contribution < -0.4 is 10.6 Å². The van der Waals surface area contributed by atoms with Crippen molar-refractivity contribution >= 4 is 35.1 Å². The quantitative estimate of drug-likeness (QED) is 0.852. The number of ether oxygens (including phenoxy) is 1. The van der Waals surface area contributed by atoms with Crippen LogP contribution in [-0.2, 0) is 16.1 Å². The molecule has 0 aliphatic heterocycles. The number of aromatic nitrogens is 1. The van der Waals surface area contributed by atoms with Crippen molar-refractivity contribution in [3.8, 4) is 0 Å². The number of amides is 1. The highest BCUT2D eigenvalue weighted by Crippen LogP contribution is 2.20. The van der Waals surface area contributed by atoms with Gasteiger partial charge in [0.05, 0.1) is 0 Å². The molecule has 1 heterocycles. The van der Waals surface area contributed by atoms with Crippen LogP contribution in [0.5, 0.6) is 0 Å². The summed E-state index contributed by atoms with van der Waals surface area (Å²) in [5.74, 6) is 0.491. The van der Waals surface area contributed by atoms with Gasteiger partial charge < -0.3 is 19.8 Å². The molecule has 1 aromatic heterocycles. The number of benzene rings is 1. The molecule has 0 aliphatic rings. The summed E-state index contributed by atoms with van der Waals surface area (Å²) >= 11 is 0. The first-order valence-corrected chi connectivity index (χ1v) is 6.06. The van der Waals surface area contributed by atoms with Crippen LogP contribution in [0.3, 0.4) is 0 Å². The van der Waals surface area contributed by atoms with Crippen molar-refractivity contribution < 1.29 is 13.9 Å². The van der Waals surface area contributed by atoms with Crippen molar-refractivity contribution in [3.05, 3.63) is 24.1 Å². The third kappa shape index (κ3) is 4.19. The van der Waals surface area contributed by atoms with Crippen LogP contribution in [-0.4, -0.2) is 31.6 Å². The molecule has 2 N–H and O–H groups in total. The zero-order chi connectivity index (χ0) is 13.7. The maximum atomic E-state index is 11.6. The molecule has 110 valence electrons. The van der Waals surface area contributed by atoms with Crippen LogP contribution >= 0.6 is 12.4 Å². The number of hydrogen-bond acceptors (Lipinski definition) is 5. The van der Waals surface area contributed by atoms with Gasteiger partial charge in [-0.3, -0.25) is 4.79 Å². The number of carbonyl (C=O) groups is 1. The Bertz CT molecular complexity index is 571. The normalized spacial score (nSPS) is 10.3. The van der Waals surface area contributed by atoms with E-state index in [0.29, 0.717) is 42.3 Å². The van der Waals surface area contributed by atoms with E-state index in [9.17, 15) is 4.79 Å². The molecule has 0 bridgehead atoms. The zero-order valence-corrected chi connectivity index (χ0v) is 12.3. The first kappa shape index (κ1) is 16.4. The average molecular weight is 300 g/mol. The Morgan fingerprint density at radius 2 is 2.25 bits per heavy atom. The zero-order valence-electron chi connectivity index (χ0n) is 11.4. The number of nitrogens with zero attached hydrogens (tertiary/aromatic N) is 1. The molecule has 0 saturated heterocycles. The Balaban J connectivity index is 0.00000200. The Morgan fingerprint density at radius 1 is 1.45 bits per heavy atom. The van der Waals surface area contributed by atoms with E-state index in [1.165, 1.54) is 0 Å². The number of rotatable bonds is 6. The molecule has 0 fully saturated rings. The smallest absolute Gasteiger partial charge is 0.225 e. The molecule has 7 heteroatoms.